The van der Waals surface area contributed by atoms with E-state index in [-0.39, 0.29) is 12.5 Å². The molecular weight excluding hydrogens is 270 g/mol. The van der Waals surface area contributed by atoms with Crippen molar-refractivity contribution in [2.75, 3.05) is 23.3 Å². The fourth-order valence-electron chi connectivity index (χ4n) is 2.20. The zero-order valence-electron chi connectivity index (χ0n) is 11.8. The van der Waals surface area contributed by atoms with Crippen LogP contribution in [0.2, 0.25) is 0 Å². The monoisotopic (exact) mass is 287 g/mol. The number of fused-ring (bicyclic) bond motifs is 1. The number of rotatable bonds is 5. The van der Waals surface area contributed by atoms with E-state index in [0.717, 1.165) is 24.3 Å². The Balaban J connectivity index is 1.82. The van der Waals surface area contributed by atoms with Gasteiger partial charge in [0.2, 0.25) is 11.8 Å². The normalized spacial score (nSPS) is 14.0. The lowest BCUT2D eigenvalue weighted by molar-refractivity contribution is -0.115. The van der Waals surface area contributed by atoms with Crippen LogP contribution in [0.3, 0.4) is 0 Å². The van der Waals surface area contributed by atoms with E-state index >= 15 is 0 Å². The fourth-order valence-corrected chi connectivity index (χ4v) is 2.20. The maximum Gasteiger partial charge on any atom is 0.323 e. The van der Waals surface area contributed by atoms with Crippen molar-refractivity contribution < 1.29 is 9.21 Å². The van der Waals surface area contributed by atoms with Gasteiger partial charge >= 0.3 is 6.01 Å². The summed E-state index contributed by atoms with van der Waals surface area (Å²) < 4.78 is 5.64. The van der Waals surface area contributed by atoms with Crippen LogP contribution in [0, 0.1) is 0 Å². The predicted molar refractivity (Wildman–Crippen MR) is 78.4 cm³/mol. The first-order valence-corrected chi connectivity index (χ1v) is 6.97. The second-order valence-corrected chi connectivity index (χ2v) is 4.81. The second kappa shape index (κ2) is 5.92. The Morgan fingerprint density at radius 2 is 2.24 bits per heavy atom. The quantitative estimate of drug-likeness (QED) is 0.814. The van der Waals surface area contributed by atoms with E-state index in [1.54, 1.807) is 4.90 Å². The largest absolute Gasteiger partial charge is 0.406 e. The summed E-state index contributed by atoms with van der Waals surface area (Å²) in [7, 11) is 0. The van der Waals surface area contributed by atoms with Gasteiger partial charge in [-0.2, -0.15) is 0 Å². The molecule has 3 rings (SSSR count). The van der Waals surface area contributed by atoms with Crippen LogP contribution in [0.5, 0.6) is 0 Å². The summed E-state index contributed by atoms with van der Waals surface area (Å²) in [5.74, 6) is 0.416. The van der Waals surface area contributed by atoms with Crippen molar-refractivity contribution in [1.82, 2.24) is 15.5 Å². The molecule has 0 aliphatic carbocycles. The van der Waals surface area contributed by atoms with Gasteiger partial charge in [-0.25, -0.2) is 0 Å². The first-order chi connectivity index (χ1) is 10.3. The molecule has 7 heteroatoms. The van der Waals surface area contributed by atoms with Gasteiger partial charge in [0, 0.05) is 0 Å². The average molecular weight is 287 g/mol. The maximum atomic E-state index is 11.8. The van der Waals surface area contributed by atoms with E-state index in [1.165, 1.54) is 0 Å². The Labute approximate surface area is 122 Å². The molecule has 110 valence electrons. The van der Waals surface area contributed by atoms with E-state index in [9.17, 15) is 4.79 Å². The highest BCUT2D eigenvalue weighted by atomic mass is 16.4. The minimum Gasteiger partial charge on any atom is -0.406 e. The SMILES string of the molecule is CCCNCc1nnc(N2CC(=O)Nc3ccccc32)o1. The number of nitrogens with zero attached hydrogens (tertiary/aromatic N) is 3. The van der Waals surface area contributed by atoms with E-state index in [2.05, 4.69) is 27.8 Å². The zero-order chi connectivity index (χ0) is 14.7. The fraction of sp³-hybridized carbons (Fsp3) is 0.357. The third-order valence-corrected chi connectivity index (χ3v) is 3.16. The Kier molecular flexibility index (Phi) is 3.83. The molecule has 0 radical (unpaired) electrons. The lowest BCUT2D eigenvalue weighted by atomic mass is 10.2. The molecule has 0 fully saturated rings. The molecule has 1 aromatic heterocycles. The van der Waals surface area contributed by atoms with E-state index in [4.69, 9.17) is 4.42 Å². The van der Waals surface area contributed by atoms with Crippen molar-refractivity contribution >= 4 is 23.3 Å². The van der Waals surface area contributed by atoms with Gasteiger partial charge in [0.15, 0.2) is 0 Å². The number of para-hydroxylation sites is 2. The number of hydrogen-bond donors (Lipinski definition) is 2. The molecule has 0 bridgehead atoms. The molecule has 1 aliphatic rings. The van der Waals surface area contributed by atoms with Gasteiger partial charge < -0.3 is 15.1 Å². The van der Waals surface area contributed by atoms with Crippen molar-refractivity contribution in [3.63, 3.8) is 0 Å². The van der Waals surface area contributed by atoms with Crippen molar-refractivity contribution in [2.24, 2.45) is 0 Å². The van der Waals surface area contributed by atoms with Crippen LogP contribution >= 0.6 is 0 Å². The number of anilines is 3. The lowest BCUT2D eigenvalue weighted by Gasteiger charge is -2.27. The smallest absolute Gasteiger partial charge is 0.323 e. The van der Waals surface area contributed by atoms with Crippen molar-refractivity contribution in [1.29, 1.82) is 0 Å². The van der Waals surface area contributed by atoms with Gasteiger partial charge in [-0.1, -0.05) is 24.2 Å². The zero-order valence-corrected chi connectivity index (χ0v) is 11.8. The molecule has 1 aliphatic heterocycles. The average Bonchev–Trinajstić information content (AvgIpc) is 2.95. The van der Waals surface area contributed by atoms with Crippen LogP contribution in [-0.4, -0.2) is 29.2 Å². The van der Waals surface area contributed by atoms with Crippen molar-refractivity contribution in [2.45, 2.75) is 19.9 Å². The molecule has 0 atom stereocenters. The Bertz CT molecular complexity index is 640. The molecule has 7 nitrogen and oxygen atoms in total. The van der Waals surface area contributed by atoms with Crippen LogP contribution in [0.25, 0.3) is 0 Å². The van der Waals surface area contributed by atoms with Crippen molar-refractivity contribution in [3.05, 3.63) is 30.2 Å². The van der Waals surface area contributed by atoms with Gasteiger partial charge in [0.05, 0.1) is 17.9 Å². The van der Waals surface area contributed by atoms with E-state index < -0.39 is 0 Å². The molecule has 2 heterocycles. The van der Waals surface area contributed by atoms with Gasteiger partial charge in [0.25, 0.3) is 0 Å². The summed E-state index contributed by atoms with van der Waals surface area (Å²) in [5.41, 5.74) is 1.60. The molecule has 1 amide bonds. The number of benzene rings is 1. The van der Waals surface area contributed by atoms with Gasteiger partial charge in [0.1, 0.15) is 6.54 Å². The summed E-state index contributed by atoms with van der Waals surface area (Å²) in [6, 6.07) is 7.87. The van der Waals surface area contributed by atoms with Crippen LogP contribution in [0.4, 0.5) is 17.4 Å². The first-order valence-electron chi connectivity index (χ1n) is 6.97. The van der Waals surface area contributed by atoms with Gasteiger partial charge in [-0.15, -0.1) is 5.10 Å². The Morgan fingerprint density at radius 3 is 3.10 bits per heavy atom. The molecule has 0 spiro atoms. The highest BCUT2D eigenvalue weighted by Crippen LogP contribution is 2.33. The van der Waals surface area contributed by atoms with E-state index in [0.29, 0.717) is 18.5 Å². The molecule has 0 unspecified atom stereocenters. The molecule has 21 heavy (non-hydrogen) atoms. The van der Waals surface area contributed by atoms with Crippen molar-refractivity contribution in [3.8, 4) is 0 Å². The standard InChI is InChI=1S/C14H17N5O2/c1-2-7-15-8-13-17-18-14(21-13)19-9-12(20)16-10-5-3-4-6-11(10)19/h3-6,15H,2,7-9H2,1H3,(H,16,20). The summed E-state index contributed by atoms with van der Waals surface area (Å²) in [6.07, 6.45) is 1.04. The molecule has 2 aromatic rings. The summed E-state index contributed by atoms with van der Waals surface area (Å²) in [5, 5.41) is 14.1. The number of aromatic nitrogens is 2. The number of carbonyl (C=O) groups excluding carboxylic acids is 1. The van der Waals surface area contributed by atoms with Crippen LogP contribution in [0.15, 0.2) is 28.7 Å². The molecular formula is C14H17N5O2. The highest BCUT2D eigenvalue weighted by Gasteiger charge is 2.26. The molecule has 2 N–H and O–H groups in total. The third-order valence-electron chi connectivity index (χ3n) is 3.16. The summed E-state index contributed by atoms with van der Waals surface area (Å²) in [6.45, 7) is 3.69. The predicted octanol–water partition coefficient (Wildman–Crippen LogP) is 1.66. The van der Waals surface area contributed by atoms with Crippen LogP contribution in [-0.2, 0) is 11.3 Å². The number of amides is 1. The third kappa shape index (κ3) is 2.87. The topological polar surface area (TPSA) is 83.3 Å². The lowest BCUT2D eigenvalue weighted by Crippen LogP contribution is -2.35. The number of carbonyl (C=O) groups is 1. The Hall–Kier alpha value is -2.41. The van der Waals surface area contributed by atoms with Gasteiger partial charge in [-0.05, 0) is 25.1 Å². The van der Waals surface area contributed by atoms with Gasteiger partial charge in [-0.3, -0.25) is 9.69 Å². The number of hydrogen-bond acceptors (Lipinski definition) is 6. The molecule has 1 aromatic carbocycles. The molecule has 0 saturated carbocycles. The number of nitrogens with one attached hydrogen (secondary N) is 2. The van der Waals surface area contributed by atoms with Crippen LogP contribution in [0.1, 0.15) is 19.2 Å². The first kappa shape index (κ1) is 13.6. The second-order valence-electron chi connectivity index (χ2n) is 4.81. The minimum atomic E-state index is -0.0995. The minimum absolute atomic E-state index is 0.0995. The summed E-state index contributed by atoms with van der Waals surface area (Å²) >= 11 is 0. The van der Waals surface area contributed by atoms with Crippen LogP contribution < -0.4 is 15.5 Å². The Morgan fingerprint density at radius 1 is 1.38 bits per heavy atom. The summed E-state index contributed by atoms with van der Waals surface area (Å²) in [4.78, 5) is 13.5. The maximum absolute atomic E-state index is 11.8. The van der Waals surface area contributed by atoms with E-state index in [1.807, 2.05) is 24.3 Å². The highest BCUT2D eigenvalue weighted by molar-refractivity contribution is 6.02. The molecule has 0 saturated heterocycles.